The highest BCUT2D eigenvalue weighted by Crippen LogP contribution is 2.30. The summed E-state index contributed by atoms with van der Waals surface area (Å²) in [5, 5.41) is 2.70. The molecule has 0 spiro atoms. The molecular formula is C21H24F3N3O2. The van der Waals surface area contributed by atoms with Gasteiger partial charge in [-0.05, 0) is 55.5 Å². The zero-order valence-corrected chi connectivity index (χ0v) is 16.4. The Morgan fingerprint density at radius 3 is 2.10 bits per heavy atom. The van der Waals surface area contributed by atoms with Crippen molar-refractivity contribution in [2.75, 3.05) is 43.5 Å². The Labute approximate surface area is 168 Å². The second-order valence-corrected chi connectivity index (χ2v) is 6.96. The number of nitrogens with zero attached hydrogens (tertiary/aromatic N) is 2. The predicted octanol–water partition coefficient (Wildman–Crippen LogP) is 3.86. The molecule has 1 atom stereocenters. The van der Waals surface area contributed by atoms with E-state index in [1.54, 1.807) is 7.11 Å². The summed E-state index contributed by atoms with van der Waals surface area (Å²) in [5.74, 6) is 0.573. The molecule has 0 saturated carbocycles. The van der Waals surface area contributed by atoms with Gasteiger partial charge in [-0.15, -0.1) is 0 Å². The maximum absolute atomic E-state index is 12.6. The molecule has 1 amide bonds. The minimum atomic E-state index is -4.39. The van der Waals surface area contributed by atoms with Crippen molar-refractivity contribution < 1.29 is 22.7 Å². The first kappa shape index (κ1) is 21.0. The molecule has 8 heteroatoms. The third kappa shape index (κ3) is 5.20. The number of piperazine rings is 1. The first-order valence-electron chi connectivity index (χ1n) is 9.39. The Hall–Kier alpha value is -2.74. The van der Waals surface area contributed by atoms with Crippen LogP contribution in [0.3, 0.4) is 0 Å². The molecule has 1 aliphatic rings. The summed E-state index contributed by atoms with van der Waals surface area (Å²) in [5.41, 5.74) is 0.720. The standard InChI is InChI=1S/C21H24F3N3O2/c1-15(20(28)25-17-5-3-16(4-6-17)21(22,23)24)26-11-13-27(14-12-26)18-7-9-19(29-2)10-8-18/h3-10,15H,11-14H2,1-2H3,(H,25,28)/t15-/m0/s1. The molecular weight excluding hydrogens is 383 g/mol. The Balaban J connectivity index is 1.53. The van der Waals surface area contributed by atoms with Crippen molar-refractivity contribution in [3.05, 3.63) is 54.1 Å². The van der Waals surface area contributed by atoms with Gasteiger partial charge in [0.15, 0.2) is 0 Å². The molecule has 2 aromatic rings. The van der Waals surface area contributed by atoms with E-state index in [9.17, 15) is 18.0 Å². The summed E-state index contributed by atoms with van der Waals surface area (Å²) >= 11 is 0. The van der Waals surface area contributed by atoms with E-state index in [2.05, 4.69) is 15.1 Å². The van der Waals surface area contributed by atoms with Gasteiger partial charge in [0.05, 0.1) is 18.7 Å². The van der Waals surface area contributed by atoms with Crippen LogP contribution in [0.25, 0.3) is 0 Å². The van der Waals surface area contributed by atoms with Gasteiger partial charge < -0.3 is 15.0 Å². The molecule has 0 unspecified atom stereocenters. The number of methoxy groups -OCH3 is 1. The van der Waals surface area contributed by atoms with Crippen LogP contribution in [0, 0.1) is 0 Å². The highest BCUT2D eigenvalue weighted by molar-refractivity contribution is 5.94. The summed E-state index contributed by atoms with van der Waals surface area (Å²) in [6.45, 7) is 4.80. The highest BCUT2D eigenvalue weighted by atomic mass is 19.4. The zero-order valence-electron chi connectivity index (χ0n) is 16.4. The Morgan fingerprint density at radius 2 is 1.59 bits per heavy atom. The monoisotopic (exact) mass is 407 g/mol. The van der Waals surface area contributed by atoms with E-state index in [0.717, 1.165) is 36.7 Å². The quantitative estimate of drug-likeness (QED) is 0.818. The van der Waals surface area contributed by atoms with Crippen molar-refractivity contribution >= 4 is 17.3 Å². The second-order valence-electron chi connectivity index (χ2n) is 6.96. The number of hydrogen-bond donors (Lipinski definition) is 1. The number of carbonyl (C=O) groups excluding carboxylic acids is 1. The largest absolute Gasteiger partial charge is 0.497 e. The molecule has 1 saturated heterocycles. The number of amides is 1. The lowest BCUT2D eigenvalue weighted by Gasteiger charge is -2.38. The van der Waals surface area contributed by atoms with Gasteiger partial charge >= 0.3 is 6.18 Å². The van der Waals surface area contributed by atoms with E-state index in [4.69, 9.17) is 4.74 Å². The normalized spacial score (nSPS) is 16.4. The molecule has 0 aliphatic carbocycles. The molecule has 156 valence electrons. The molecule has 3 rings (SSSR count). The minimum Gasteiger partial charge on any atom is -0.497 e. The fourth-order valence-electron chi connectivity index (χ4n) is 3.32. The maximum Gasteiger partial charge on any atom is 0.416 e. The van der Waals surface area contributed by atoms with Crippen molar-refractivity contribution in [1.82, 2.24) is 4.90 Å². The van der Waals surface area contributed by atoms with Gasteiger partial charge in [0.2, 0.25) is 5.91 Å². The Bertz CT molecular complexity index is 815. The van der Waals surface area contributed by atoms with Gasteiger partial charge in [-0.1, -0.05) is 0 Å². The van der Waals surface area contributed by atoms with Crippen LogP contribution < -0.4 is 15.0 Å². The predicted molar refractivity (Wildman–Crippen MR) is 106 cm³/mol. The lowest BCUT2D eigenvalue weighted by Crippen LogP contribution is -2.52. The molecule has 0 aromatic heterocycles. The lowest BCUT2D eigenvalue weighted by atomic mass is 10.1. The summed E-state index contributed by atoms with van der Waals surface area (Å²) < 4.78 is 43.1. The lowest BCUT2D eigenvalue weighted by molar-refractivity contribution is -0.137. The fourth-order valence-corrected chi connectivity index (χ4v) is 3.32. The number of nitrogens with one attached hydrogen (secondary N) is 1. The average molecular weight is 407 g/mol. The van der Waals surface area contributed by atoms with Crippen molar-refractivity contribution in [2.24, 2.45) is 0 Å². The topological polar surface area (TPSA) is 44.8 Å². The van der Waals surface area contributed by atoms with Gasteiger partial charge in [-0.3, -0.25) is 9.69 Å². The van der Waals surface area contributed by atoms with Crippen LogP contribution >= 0.6 is 0 Å². The Kier molecular flexibility index (Phi) is 6.32. The van der Waals surface area contributed by atoms with E-state index < -0.39 is 11.7 Å². The van der Waals surface area contributed by atoms with Gasteiger partial charge in [0, 0.05) is 37.6 Å². The van der Waals surface area contributed by atoms with Crippen molar-refractivity contribution in [1.29, 1.82) is 0 Å². The van der Waals surface area contributed by atoms with Crippen LogP contribution in [-0.4, -0.2) is 50.1 Å². The highest BCUT2D eigenvalue weighted by Gasteiger charge is 2.30. The van der Waals surface area contributed by atoms with E-state index in [0.29, 0.717) is 18.8 Å². The molecule has 2 aromatic carbocycles. The van der Waals surface area contributed by atoms with Crippen molar-refractivity contribution in [3.8, 4) is 5.75 Å². The average Bonchev–Trinajstić information content (AvgIpc) is 2.73. The minimum absolute atomic E-state index is 0.234. The van der Waals surface area contributed by atoms with Crippen LogP contribution in [0.5, 0.6) is 5.75 Å². The number of benzene rings is 2. The molecule has 5 nitrogen and oxygen atoms in total. The summed E-state index contributed by atoms with van der Waals surface area (Å²) in [6.07, 6.45) is -4.39. The summed E-state index contributed by atoms with van der Waals surface area (Å²) in [4.78, 5) is 16.8. The molecule has 1 heterocycles. The summed E-state index contributed by atoms with van der Waals surface area (Å²) in [6, 6.07) is 12.0. The number of alkyl halides is 3. The third-order valence-electron chi connectivity index (χ3n) is 5.16. The van der Waals surface area contributed by atoms with Crippen LogP contribution in [0.2, 0.25) is 0 Å². The molecule has 0 bridgehead atoms. The first-order valence-corrected chi connectivity index (χ1v) is 9.39. The van der Waals surface area contributed by atoms with Gasteiger partial charge in [0.25, 0.3) is 0 Å². The first-order chi connectivity index (χ1) is 13.8. The van der Waals surface area contributed by atoms with E-state index in [1.165, 1.54) is 12.1 Å². The fraction of sp³-hybridized carbons (Fsp3) is 0.381. The third-order valence-corrected chi connectivity index (χ3v) is 5.16. The van der Waals surface area contributed by atoms with Crippen molar-refractivity contribution in [2.45, 2.75) is 19.1 Å². The number of hydrogen-bond acceptors (Lipinski definition) is 4. The van der Waals surface area contributed by atoms with Gasteiger partial charge in [0.1, 0.15) is 5.75 Å². The smallest absolute Gasteiger partial charge is 0.416 e. The number of halogens is 3. The zero-order chi connectivity index (χ0) is 21.0. The van der Waals surface area contributed by atoms with E-state index in [1.807, 2.05) is 31.2 Å². The van der Waals surface area contributed by atoms with Gasteiger partial charge in [-0.25, -0.2) is 0 Å². The van der Waals surface area contributed by atoms with E-state index in [-0.39, 0.29) is 11.9 Å². The number of rotatable bonds is 5. The number of ether oxygens (including phenoxy) is 1. The van der Waals surface area contributed by atoms with Gasteiger partial charge in [-0.2, -0.15) is 13.2 Å². The molecule has 0 radical (unpaired) electrons. The van der Waals surface area contributed by atoms with Crippen LogP contribution in [-0.2, 0) is 11.0 Å². The van der Waals surface area contributed by atoms with Crippen molar-refractivity contribution in [3.63, 3.8) is 0 Å². The molecule has 1 aliphatic heterocycles. The summed E-state index contributed by atoms with van der Waals surface area (Å²) in [7, 11) is 1.63. The SMILES string of the molecule is COc1ccc(N2CCN([C@@H](C)C(=O)Nc3ccc(C(F)(F)F)cc3)CC2)cc1. The molecule has 1 N–H and O–H groups in total. The van der Waals surface area contributed by atoms with Crippen LogP contribution in [0.4, 0.5) is 24.5 Å². The maximum atomic E-state index is 12.6. The Morgan fingerprint density at radius 1 is 1.00 bits per heavy atom. The number of carbonyl (C=O) groups is 1. The van der Waals surface area contributed by atoms with Crippen LogP contribution in [0.1, 0.15) is 12.5 Å². The molecule has 29 heavy (non-hydrogen) atoms. The van der Waals surface area contributed by atoms with Crippen LogP contribution in [0.15, 0.2) is 48.5 Å². The molecule has 1 fully saturated rings. The van der Waals surface area contributed by atoms with E-state index >= 15 is 0 Å². The second kappa shape index (κ2) is 8.73. The number of anilines is 2.